The van der Waals surface area contributed by atoms with Crippen LogP contribution in [0.25, 0.3) is 45.9 Å². The van der Waals surface area contributed by atoms with E-state index in [-0.39, 0.29) is 22.4 Å². The predicted molar refractivity (Wildman–Crippen MR) is 131 cm³/mol. The van der Waals surface area contributed by atoms with Crippen LogP contribution >= 0.6 is 15.9 Å². The average molecular weight is 662 g/mol. The van der Waals surface area contributed by atoms with Gasteiger partial charge >= 0.3 is 0 Å². The normalized spacial score (nSPS) is 12.3. The number of nitrogens with one attached hydrogen (secondary N) is 2. The van der Waals surface area contributed by atoms with Crippen LogP contribution in [0, 0.1) is 0 Å². The molecule has 2 aliphatic heterocycles. The van der Waals surface area contributed by atoms with Gasteiger partial charge in [-0.25, -0.2) is 9.97 Å². The monoisotopic (exact) mass is 661 g/mol. The van der Waals surface area contributed by atoms with Gasteiger partial charge in [0, 0.05) is 54.5 Å². The molecule has 8 bridgehead atoms. The molecular formula is C26H17AuBrN4. The first-order chi connectivity index (χ1) is 15.2. The fraction of sp³-hybridized carbons (Fsp3) is 0. The smallest absolute Gasteiger partial charge is 0.0736 e. The largest absolute Gasteiger partial charge is 0.355 e. The van der Waals surface area contributed by atoms with Crippen molar-refractivity contribution in [3.63, 3.8) is 0 Å². The molecule has 0 spiro atoms. The van der Waals surface area contributed by atoms with Crippen LogP contribution in [-0.4, -0.2) is 19.9 Å². The van der Waals surface area contributed by atoms with Crippen LogP contribution < -0.4 is 0 Å². The number of nitrogens with zero attached hydrogens (tertiary/aromatic N) is 2. The van der Waals surface area contributed by atoms with Crippen LogP contribution in [0.15, 0.2) is 77.3 Å². The maximum Gasteiger partial charge on any atom is 0.0736 e. The van der Waals surface area contributed by atoms with Crippen LogP contribution in [0.3, 0.4) is 0 Å². The first-order valence-corrected chi connectivity index (χ1v) is 10.8. The van der Waals surface area contributed by atoms with E-state index in [0.29, 0.717) is 0 Å². The van der Waals surface area contributed by atoms with Crippen molar-refractivity contribution in [2.24, 2.45) is 0 Å². The van der Waals surface area contributed by atoms with Crippen molar-refractivity contribution in [3.05, 3.63) is 106 Å². The zero-order valence-electron chi connectivity index (χ0n) is 16.7. The Morgan fingerprint density at radius 2 is 1.12 bits per heavy atom. The van der Waals surface area contributed by atoms with Crippen LogP contribution in [-0.2, 0) is 22.4 Å². The summed E-state index contributed by atoms with van der Waals surface area (Å²) in [6.07, 6.45) is 6.19. The summed E-state index contributed by atoms with van der Waals surface area (Å²) < 4.78 is 1.06. The van der Waals surface area contributed by atoms with Crippen LogP contribution in [0.4, 0.5) is 0 Å². The Balaban J connectivity index is 0.00000216. The minimum absolute atomic E-state index is 0. The second-order valence-corrected chi connectivity index (χ2v) is 8.51. The molecule has 4 nitrogen and oxygen atoms in total. The zero-order chi connectivity index (χ0) is 20.8. The molecule has 32 heavy (non-hydrogen) atoms. The van der Waals surface area contributed by atoms with E-state index in [4.69, 9.17) is 9.97 Å². The molecule has 2 N–H and O–H groups in total. The second kappa shape index (κ2) is 8.53. The Hall–Kier alpha value is -2.96. The van der Waals surface area contributed by atoms with Crippen molar-refractivity contribution in [1.29, 1.82) is 0 Å². The Labute approximate surface area is 208 Å². The van der Waals surface area contributed by atoms with Crippen molar-refractivity contribution >= 4 is 61.8 Å². The van der Waals surface area contributed by atoms with Crippen LogP contribution in [0.2, 0.25) is 0 Å². The molecule has 4 aromatic rings. The molecule has 0 fully saturated rings. The summed E-state index contributed by atoms with van der Waals surface area (Å²) in [4.78, 5) is 16.5. The van der Waals surface area contributed by atoms with Gasteiger partial charge in [-0.3, -0.25) is 0 Å². The molecule has 3 aromatic heterocycles. The molecule has 159 valence electrons. The van der Waals surface area contributed by atoms with E-state index in [1.807, 2.05) is 24.3 Å². The van der Waals surface area contributed by atoms with Gasteiger partial charge in [-0.1, -0.05) is 28.1 Å². The number of H-pyrrole nitrogens is 2. The fourth-order valence-corrected chi connectivity index (χ4v) is 4.14. The molecule has 5 heterocycles. The quantitative estimate of drug-likeness (QED) is 0.190. The van der Waals surface area contributed by atoms with Gasteiger partial charge in [0.05, 0.1) is 22.8 Å². The van der Waals surface area contributed by atoms with Gasteiger partial charge in [-0.2, -0.15) is 0 Å². The van der Waals surface area contributed by atoms with Gasteiger partial charge in [0.1, 0.15) is 0 Å². The molecule has 6 heteroatoms. The molecule has 0 atom stereocenters. The SMILES string of the molecule is Brc1ccc(C2=Cc3cc4ccc(cc5nc(cc6ccc(cc2n3)[nH]6)C=C5)[nH]4)cc1.[Au]. The van der Waals surface area contributed by atoms with Gasteiger partial charge in [-0.05, 0) is 84.5 Å². The van der Waals surface area contributed by atoms with Crippen molar-refractivity contribution in [3.8, 4) is 0 Å². The van der Waals surface area contributed by atoms with Crippen molar-refractivity contribution in [2.75, 3.05) is 0 Å². The summed E-state index contributed by atoms with van der Waals surface area (Å²) >= 11 is 3.52. The van der Waals surface area contributed by atoms with E-state index in [1.165, 1.54) is 0 Å². The summed E-state index contributed by atoms with van der Waals surface area (Å²) in [6, 6.07) is 24.8. The van der Waals surface area contributed by atoms with E-state index >= 15 is 0 Å². The summed E-state index contributed by atoms with van der Waals surface area (Å²) in [5.41, 5.74) is 9.95. The first kappa shape index (κ1) is 20.9. The van der Waals surface area contributed by atoms with Crippen molar-refractivity contribution < 1.29 is 22.4 Å². The average Bonchev–Trinajstić information content (AvgIpc) is 3.54. The number of aromatic nitrogens is 4. The van der Waals surface area contributed by atoms with E-state index in [2.05, 4.69) is 92.6 Å². The number of rotatable bonds is 1. The molecule has 0 saturated heterocycles. The second-order valence-electron chi connectivity index (χ2n) is 7.60. The van der Waals surface area contributed by atoms with E-state index < -0.39 is 0 Å². The molecule has 6 rings (SSSR count). The van der Waals surface area contributed by atoms with Gasteiger partial charge in [-0.15, -0.1) is 0 Å². The standard InChI is InChI=1S/C26H17BrN4.Au/c27-17-3-1-16(2-4-17)25-14-24-13-22-8-7-20(29-22)11-18-5-6-19(28-18)12-21-9-10-23(30-21)15-26(25)31-24;/h1-15,29-30H;. The molecule has 1 aromatic carbocycles. The van der Waals surface area contributed by atoms with Crippen molar-refractivity contribution in [1.82, 2.24) is 19.9 Å². The Morgan fingerprint density at radius 3 is 1.72 bits per heavy atom. The molecule has 0 aliphatic carbocycles. The number of benzene rings is 1. The van der Waals surface area contributed by atoms with Gasteiger partial charge in [0.2, 0.25) is 0 Å². The minimum atomic E-state index is 0. The Morgan fingerprint density at radius 1 is 0.594 bits per heavy atom. The molecule has 0 unspecified atom stereocenters. The van der Waals surface area contributed by atoms with Crippen molar-refractivity contribution in [2.45, 2.75) is 0 Å². The van der Waals surface area contributed by atoms with Gasteiger partial charge < -0.3 is 9.97 Å². The van der Waals surface area contributed by atoms with Crippen LogP contribution in [0.5, 0.6) is 0 Å². The third kappa shape index (κ3) is 4.20. The summed E-state index contributed by atoms with van der Waals surface area (Å²) in [7, 11) is 0. The molecular weight excluding hydrogens is 645 g/mol. The summed E-state index contributed by atoms with van der Waals surface area (Å²) in [5.74, 6) is 0. The Kier molecular flexibility index (Phi) is 5.57. The van der Waals surface area contributed by atoms with Gasteiger partial charge in [0.15, 0.2) is 0 Å². The van der Waals surface area contributed by atoms with Crippen LogP contribution in [0.1, 0.15) is 28.3 Å². The Bertz CT molecular complexity index is 1540. The topological polar surface area (TPSA) is 57.4 Å². The third-order valence-corrected chi connectivity index (χ3v) is 5.85. The number of halogens is 1. The molecule has 0 amide bonds. The first-order valence-electron chi connectivity index (χ1n) is 10.0. The van der Waals surface area contributed by atoms with Gasteiger partial charge in [0.25, 0.3) is 0 Å². The minimum Gasteiger partial charge on any atom is -0.355 e. The summed E-state index contributed by atoms with van der Waals surface area (Å²) in [5, 5.41) is 0. The van der Waals surface area contributed by atoms with E-state index in [0.717, 1.165) is 60.5 Å². The fourth-order valence-electron chi connectivity index (χ4n) is 3.87. The third-order valence-electron chi connectivity index (χ3n) is 5.32. The molecule has 0 saturated carbocycles. The number of fused-ring (bicyclic) bond motifs is 8. The molecule has 2 aliphatic rings. The summed E-state index contributed by atoms with van der Waals surface area (Å²) in [6.45, 7) is 0. The maximum absolute atomic E-state index is 4.92. The molecule has 1 radical (unpaired) electrons. The number of hydrogen-bond acceptors (Lipinski definition) is 2. The van der Waals surface area contributed by atoms with E-state index in [1.54, 1.807) is 0 Å². The predicted octanol–water partition coefficient (Wildman–Crippen LogP) is 6.83. The number of aromatic amines is 2. The van der Waals surface area contributed by atoms with E-state index in [9.17, 15) is 0 Å². The zero-order valence-corrected chi connectivity index (χ0v) is 20.5. The number of hydrogen-bond donors (Lipinski definition) is 2. The maximum atomic E-state index is 4.92.